The van der Waals surface area contributed by atoms with E-state index in [0.29, 0.717) is 6.42 Å². The number of Topliss-reactive ketones (excluding diaryl/α,β-unsaturated/α-hetero) is 1. The van der Waals surface area contributed by atoms with Crippen molar-refractivity contribution in [3.05, 3.63) is 89.7 Å². The maximum Gasteiger partial charge on any atom is 0.167 e. The Morgan fingerprint density at radius 3 is 2.56 bits per heavy atom. The van der Waals surface area contributed by atoms with Crippen LogP contribution in [-0.2, 0) is 6.42 Å². The van der Waals surface area contributed by atoms with Crippen LogP contribution in [0.4, 0.5) is 11.4 Å². The SMILES string of the molecule is CCCCN(c1cccnc1)c1cccc(CC(=O)c2cccc(C)c2)c1. The van der Waals surface area contributed by atoms with Crippen LogP contribution in [-0.4, -0.2) is 17.3 Å². The molecule has 0 radical (unpaired) electrons. The first kappa shape index (κ1) is 18.8. The molecule has 0 aliphatic rings. The molecule has 0 aliphatic heterocycles. The van der Waals surface area contributed by atoms with Crippen molar-refractivity contribution in [2.24, 2.45) is 0 Å². The molecule has 0 saturated carbocycles. The van der Waals surface area contributed by atoms with Crippen molar-refractivity contribution in [3.63, 3.8) is 0 Å². The Balaban J connectivity index is 1.83. The van der Waals surface area contributed by atoms with Gasteiger partial charge in [-0.3, -0.25) is 9.78 Å². The number of carbonyl (C=O) groups excluding carboxylic acids is 1. The van der Waals surface area contributed by atoms with Crippen LogP contribution in [0, 0.1) is 6.92 Å². The zero-order valence-electron chi connectivity index (χ0n) is 16.1. The molecule has 0 amide bonds. The summed E-state index contributed by atoms with van der Waals surface area (Å²) in [5.41, 5.74) is 5.09. The van der Waals surface area contributed by atoms with Gasteiger partial charge in [0.1, 0.15) is 0 Å². The molecular formula is C24H26N2O. The summed E-state index contributed by atoms with van der Waals surface area (Å²) in [6.07, 6.45) is 6.31. The van der Waals surface area contributed by atoms with Gasteiger partial charge in [0.05, 0.1) is 11.9 Å². The maximum absolute atomic E-state index is 12.7. The summed E-state index contributed by atoms with van der Waals surface area (Å²) in [5.74, 6) is 0.150. The van der Waals surface area contributed by atoms with E-state index < -0.39 is 0 Å². The first-order chi connectivity index (χ1) is 13.2. The Morgan fingerprint density at radius 1 is 1.00 bits per heavy atom. The number of nitrogens with zero attached hydrogens (tertiary/aromatic N) is 2. The van der Waals surface area contributed by atoms with E-state index in [1.165, 1.54) is 0 Å². The third-order valence-corrected chi connectivity index (χ3v) is 4.62. The fourth-order valence-electron chi connectivity index (χ4n) is 3.18. The highest BCUT2D eigenvalue weighted by molar-refractivity contribution is 5.97. The predicted octanol–water partition coefficient (Wildman–Crippen LogP) is 5.75. The van der Waals surface area contributed by atoms with Gasteiger partial charge >= 0.3 is 0 Å². The normalized spacial score (nSPS) is 10.6. The molecule has 1 aromatic heterocycles. The average Bonchev–Trinajstić information content (AvgIpc) is 2.69. The number of aromatic nitrogens is 1. The molecule has 0 atom stereocenters. The molecule has 27 heavy (non-hydrogen) atoms. The van der Waals surface area contributed by atoms with Gasteiger partial charge in [0, 0.05) is 30.4 Å². The number of benzene rings is 2. The molecule has 0 spiro atoms. The molecule has 3 heteroatoms. The molecule has 1 heterocycles. The average molecular weight is 358 g/mol. The topological polar surface area (TPSA) is 33.2 Å². The van der Waals surface area contributed by atoms with E-state index in [9.17, 15) is 4.79 Å². The molecule has 0 fully saturated rings. The maximum atomic E-state index is 12.7. The Bertz CT molecular complexity index is 890. The van der Waals surface area contributed by atoms with Gasteiger partial charge in [-0.2, -0.15) is 0 Å². The van der Waals surface area contributed by atoms with E-state index in [-0.39, 0.29) is 5.78 Å². The minimum Gasteiger partial charge on any atom is -0.340 e. The zero-order valence-corrected chi connectivity index (χ0v) is 16.1. The van der Waals surface area contributed by atoms with E-state index in [0.717, 1.165) is 47.5 Å². The second kappa shape index (κ2) is 9.13. The number of aryl methyl sites for hydroxylation is 1. The monoisotopic (exact) mass is 358 g/mol. The number of carbonyl (C=O) groups is 1. The third-order valence-electron chi connectivity index (χ3n) is 4.62. The van der Waals surface area contributed by atoms with Gasteiger partial charge in [-0.05, 0) is 49.2 Å². The summed E-state index contributed by atoms with van der Waals surface area (Å²) in [4.78, 5) is 19.2. The smallest absolute Gasteiger partial charge is 0.167 e. The molecule has 0 N–H and O–H groups in total. The molecule has 138 valence electrons. The lowest BCUT2D eigenvalue weighted by Gasteiger charge is -2.25. The second-order valence-corrected chi connectivity index (χ2v) is 6.86. The van der Waals surface area contributed by atoms with Crippen molar-refractivity contribution in [1.29, 1.82) is 0 Å². The van der Waals surface area contributed by atoms with Crippen molar-refractivity contribution in [2.75, 3.05) is 11.4 Å². The van der Waals surface area contributed by atoms with Gasteiger partial charge < -0.3 is 4.90 Å². The number of unbranched alkanes of at least 4 members (excludes halogenated alkanes) is 1. The first-order valence-corrected chi connectivity index (χ1v) is 9.53. The largest absolute Gasteiger partial charge is 0.340 e. The standard InChI is InChI=1S/C24H26N2O/c1-3-4-14-26(23-12-7-13-25-18-23)22-11-6-9-20(16-22)17-24(27)21-10-5-8-19(2)15-21/h5-13,15-16,18H,3-4,14,17H2,1-2H3. The van der Waals surface area contributed by atoms with Gasteiger partial charge in [-0.1, -0.05) is 49.2 Å². The van der Waals surface area contributed by atoms with Crippen molar-refractivity contribution in [2.45, 2.75) is 33.1 Å². The molecule has 0 bridgehead atoms. The van der Waals surface area contributed by atoms with Crippen LogP contribution in [0.1, 0.15) is 41.3 Å². The second-order valence-electron chi connectivity index (χ2n) is 6.86. The molecule has 0 unspecified atom stereocenters. The van der Waals surface area contributed by atoms with Gasteiger partial charge in [-0.15, -0.1) is 0 Å². The first-order valence-electron chi connectivity index (χ1n) is 9.53. The quantitative estimate of drug-likeness (QED) is 0.480. The summed E-state index contributed by atoms with van der Waals surface area (Å²) in [6.45, 7) is 5.13. The number of hydrogen-bond donors (Lipinski definition) is 0. The highest BCUT2D eigenvalue weighted by Gasteiger charge is 2.12. The van der Waals surface area contributed by atoms with Gasteiger partial charge in [-0.25, -0.2) is 0 Å². The van der Waals surface area contributed by atoms with Crippen LogP contribution in [0.5, 0.6) is 0 Å². The highest BCUT2D eigenvalue weighted by Crippen LogP contribution is 2.26. The Hall–Kier alpha value is -2.94. The summed E-state index contributed by atoms with van der Waals surface area (Å²) in [7, 11) is 0. The van der Waals surface area contributed by atoms with E-state index in [1.807, 2.05) is 55.6 Å². The minimum absolute atomic E-state index is 0.150. The molecule has 2 aromatic carbocycles. The lowest BCUT2D eigenvalue weighted by atomic mass is 10.0. The molecule has 3 aromatic rings. The van der Waals surface area contributed by atoms with Crippen LogP contribution in [0.15, 0.2) is 73.1 Å². The number of rotatable bonds is 8. The molecular weight excluding hydrogens is 332 g/mol. The van der Waals surface area contributed by atoms with Crippen LogP contribution >= 0.6 is 0 Å². The van der Waals surface area contributed by atoms with Crippen LogP contribution in [0.2, 0.25) is 0 Å². The van der Waals surface area contributed by atoms with Crippen LogP contribution in [0.3, 0.4) is 0 Å². The van der Waals surface area contributed by atoms with Crippen molar-refractivity contribution in [3.8, 4) is 0 Å². The lowest BCUT2D eigenvalue weighted by molar-refractivity contribution is 0.0993. The Kier molecular flexibility index (Phi) is 6.37. The summed E-state index contributed by atoms with van der Waals surface area (Å²) in [6, 6.07) is 20.1. The highest BCUT2D eigenvalue weighted by atomic mass is 16.1. The summed E-state index contributed by atoms with van der Waals surface area (Å²) < 4.78 is 0. The lowest BCUT2D eigenvalue weighted by Crippen LogP contribution is -2.18. The number of ketones is 1. The van der Waals surface area contributed by atoms with Crippen LogP contribution in [0.25, 0.3) is 0 Å². The predicted molar refractivity (Wildman–Crippen MR) is 112 cm³/mol. The number of hydrogen-bond acceptors (Lipinski definition) is 3. The molecule has 3 rings (SSSR count). The van der Waals surface area contributed by atoms with Crippen molar-refractivity contribution >= 4 is 17.2 Å². The van der Waals surface area contributed by atoms with Crippen LogP contribution < -0.4 is 4.90 Å². The Morgan fingerprint density at radius 2 is 1.81 bits per heavy atom. The summed E-state index contributed by atoms with van der Waals surface area (Å²) >= 11 is 0. The third kappa shape index (κ3) is 5.04. The molecule has 0 aliphatic carbocycles. The van der Waals surface area contributed by atoms with E-state index in [4.69, 9.17) is 0 Å². The van der Waals surface area contributed by atoms with E-state index in [2.05, 4.69) is 35.0 Å². The fourth-order valence-corrected chi connectivity index (χ4v) is 3.18. The molecule has 0 saturated heterocycles. The molecule has 3 nitrogen and oxygen atoms in total. The van der Waals surface area contributed by atoms with Crippen molar-refractivity contribution < 1.29 is 4.79 Å². The Labute approximate surface area is 161 Å². The zero-order chi connectivity index (χ0) is 19.1. The van der Waals surface area contributed by atoms with Gasteiger partial charge in [0.15, 0.2) is 5.78 Å². The minimum atomic E-state index is 0.150. The van der Waals surface area contributed by atoms with Gasteiger partial charge in [0.25, 0.3) is 0 Å². The van der Waals surface area contributed by atoms with Crippen molar-refractivity contribution in [1.82, 2.24) is 4.98 Å². The van der Waals surface area contributed by atoms with E-state index in [1.54, 1.807) is 6.20 Å². The summed E-state index contributed by atoms with van der Waals surface area (Å²) in [5, 5.41) is 0. The van der Waals surface area contributed by atoms with Gasteiger partial charge in [0.2, 0.25) is 0 Å². The van der Waals surface area contributed by atoms with E-state index >= 15 is 0 Å². The number of anilines is 2. The number of pyridine rings is 1. The fraction of sp³-hybridized carbons (Fsp3) is 0.250.